The van der Waals surface area contributed by atoms with Gasteiger partial charge in [-0.2, -0.15) is 0 Å². The number of sulfonamides is 1. The van der Waals surface area contributed by atoms with Crippen molar-refractivity contribution in [2.45, 2.75) is 33.2 Å². The van der Waals surface area contributed by atoms with Crippen LogP contribution < -0.4 is 4.72 Å². The molecule has 20 heavy (non-hydrogen) atoms. The minimum Gasteiger partial charge on any atom is -0.480 e. The summed E-state index contributed by atoms with van der Waals surface area (Å²) < 4.78 is 25.4. The van der Waals surface area contributed by atoms with Crippen LogP contribution in [0.25, 0.3) is 0 Å². The Bertz CT molecular complexity index is 549. The van der Waals surface area contributed by atoms with Gasteiger partial charge in [0.25, 0.3) is 0 Å². The van der Waals surface area contributed by atoms with E-state index in [9.17, 15) is 13.2 Å². The van der Waals surface area contributed by atoms with E-state index < -0.39 is 27.8 Å². The van der Waals surface area contributed by atoms with E-state index in [2.05, 4.69) is 18.6 Å². The molecular formula is C14H21NO4S. The van der Waals surface area contributed by atoms with E-state index in [0.29, 0.717) is 5.92 Å². The molecule has 2 N–H and O–H groups in total. The molecule has 0 amide bonds. The normalized spacial score (nSPS) is 13.4. The van der Waals surface area contributed by atoms with Crippen molar-refractivity contribution in [2.24, 2.45) is 5.92 Å². The smallest absolute Gasteiger partial charge is 0.320 e. The van der Waals surface area contributed by atoms with Gasteiger partial charge < -0.3 is 5.11 Å². The second-order valence-corrected chi connectivity index (χ2v) is 7.09. The molecule has 0 fully saturated rings. The third-order valence-corrected chi connectivity index (χ3v) is 4.13. The summed E-state index contributed by atoms with van der Waals surface area (Å²) in [6.07, 6.45) is 0.972. The van der Waals surface area contributed by atoms with Crippen LogP contribution in [0.1, 0.15) is 37.9 Å². The van der Waals surface area contributed by atoms with Gasteiger partial charge in [-0.3, -0.25) is 4.79 Å². The second-order valence-electron chi connectivity index (χ2n) is 5.33. The van der Waals surface area contributed by atoms with Gasteiger partial charge in [0.1, 0.15) is 0 Å². The highest BCUT2D eigenvalue weighted by Crippen LogP contribution is 2.16. The van der Waals surface area contributed by atoms with Crippen molar-refractivity contribution >= 4 is 16.0 Å². The number of nitrogens with one attached hydrogen (secondary N) is 1. The first-order chi connectivity index (χ1) is 9.19. The van der Waals surface area contributed by atoms with E-state index in [0.717, 1.165) is 12.0 Å². The highest BCUT2D eigenvalue weighted by atomic mass is 32.2. The third kappa shape index (κ3) is 5.71. The van der Waals surface area contributed by atoms with Gasteiger partial charge in [-0.15, -0.1) is 0 Å². The van der Waals surface area contributed by atoms with Crippen molar-refractivity contribution in [3.63, 3.8) is 0 Å². The molecule has 0 heterocycles. The lowest BCUT2D eigenvalue weighted by Crippen LogP contribution is -2.32. The summed E-state index contributed by atoms with van der Waals surface area (Å²) >= 11 is 0. The second kappa shape index (κ2) is 6.85. The number of carboxylic acid groups (broad SMARTS) is 1. The van der Waals surface area contributed by atoms with Crippen molar-refractivity contribution in [1.82, 2.24) is 4.72 Å². The van der Waals surface area contributed by atoms with Crippen molar-refractivity contribution in [3.05, 3.63) is 35.4 Å². The van der Waals surface area contributed by atoms with E-state index in [1.165, 1.54) is 5.56 Å². The van der Waals surface area contributed by atoms with Crippen LogP contribution in [0.4, 0.5) is 0 Å². The monoisotopic (exact) mass is 299 g/mol. The Labute approximate surface area is 120 Å². The van der Waals surface area contributed by atoms with Crippen molar-refractivity contribution in [3.8, 4) is 0 Å². The number of aliphatic carboxylic acids is 1. The first-order valence-corrected chi connectivity index (χ1v) is 8.15. The summed E-state index contributed by atoms with van der Waals surface area (Å²) in [4.78, 5) is 10.5. The molecule has 0 aliphatic heterocycles. The molecule has 1 atom stereocenters. The molecule has 112 valence electrons. The molecule has 0 spiro atoms. The van der Waals surface area contributed by atoms with Crippen LogP contribution in [0.15, 0.2) is 24.3 Å². The lowest BCUT2D eigenvalue weighted by Gasteiger charge is -2.14. The Balaban J connectivity index is 2.73. The van der Waals surface area contributed by atoms with E-state index in [1.807, 2.05) is 24.3 Å². The number of rotatable bonds is 7. The molecule has 0 saturated heterocycles. The largest absolute Gasteiger partial charge is 0.480 e. The highest BCUT2D eigenvalue weighted by molar-refractivity contribution is 7.90. The zero-order valence-electron chi connectivity index (χ0n) is 12.0. The van der Waals surface area contributed by atoms with E-state index >= 15 is 0 Å². The Hall–Kier alpha value is -1.40. The fraction of sp³-hybridized carbons (Fsp3) is 0.500. The average Bonchev–Trinajstić information content (AvgIpc) is 2.26. The van der Waals surface area contributed by atoms with Crippen LogP contribution in [0.3, 0.4) is 0 Å². The Morgan fingerprint density at radius 1 is 1.20 bits per heavy atom. The number of hydrogen-bond donors (Lipinski definition) is 2. The fourth-order valence-electron chi connectivity index (χ4n) is 1.96. The van der Waals surface area contributed by atoms with Crippen LogP contribution in [-0.4, -0.2) is 25.2 Å². The van der Waals surface area contributed by atoms with Crippen molar-refractivity contribution in [1.29, 1.82) is 0 Å². The molecule has 0 radical (unpaired) electrons. The van der Waals surface area contributed by atoms with E-state index in [4.69, 9.17) is 5.11 Å². The predicted molar refractivity (Wildman–Crippen MR) is 78.0 cm³/mol. The molecule has 1 rings (SSSR count). The maximum Gasteiger partial charge on any atom is 0.320 e. The third-order valence-electron chi connectivity index (χ3n) is 2.79. The SMILES string of the molecule is CC(C)Cc1ccc(C(C)NS(=O)(=O)CC(=O)O)cc1. The molecule has 6 heteroatoms. The molecule has 1 aromatic carbocycles. The lowest BCUT2D eigenvalue weighted by atomic mass is 10.0. The van der Waals surface area contributed by atoms with Crippen molar-refractivity contribution < 1.29 is 18.3 Å². The van der Waals surface area contributed by atoms with Crippen LogP contribution in [-0.2, 0) is 21.2 Å². The van der Waals surface area contributed by atoms with Gasteiger partial charge in [-0.25, -0.2) is 13.1 Å². The Kier molecular flexibility index (Phi) is 5.71. The molecule has 0 saturated carbocycles. The quantitative estimate of drug-likeness (QED) is 0.806. The Morgan fingerprint density at radius 2 is 1.75 bits per heavy atom. The summed E-state index contributed by atoms with van der Waals surface area (Å²) in [5, 5.41) is 8.53. The maximum atomic E-state index is 11.5. The maximum absolute atomic E-state index is 11.5. The topological polar surface area (TPSA) is 83.5 Å². The highest BCUT2D eigenvalue weighted by Gasteiger charge is 2.19. The first kappa shape index (κ1) is 16.7. The fourth-order valence-corrected chi connectivity index (χ4v) is 3.04. The molecular weight excluding hydrogens is 278 g/mol. The first-order valence-electron chi connectivity index (χ1n) is 6.50. The van der Waals surface area contributed by atoms with E-state index in [1.54, 1.807) is 6.92 Å². The minimum absolute atomic E-state index is 0.451. The summed E-state index contributed by atoms with van der Waals surface area (Å²) in [7, 11) is -3.81. The summed E-state index contributed by atoms with van der Waals surface area (Å²) in [6, 6.07) is 7.22. The number of carbonyl (C=O) groups is 1. The van der Waals surface area contributed by atoms with Crippen LogP contribution in [0, 0.1) is 5.92 Å². The van der Waals surface area contributed by atoms with Crippen LogP contribution >= 0.6 is 0 Å². The standard InChI is InChI=1S/C14H21NO4S/c1-10(2)8-12-4-6-13(7-5-12)11(3)15-20(18,19)9-14(16)17/h4-7,10-11,15H,8-9H2,1-3H3,(H,16,17). The number of benzene rings is 1. The van der Waals surface area contributed by atoms with Gasteiger partial charge in [0.05, 0.1) is 0 Å². The molecule has 0 bridgehead atoms. The van der Waals surface area contributed by atoms with Crippen LogP contribution in [0.5, 0.6) is 0 Å². The minimum atomic E-state index is -3.81. The summed E-state index contributed by atoms with van der Waals surface area (Å²) in [5.74, 6) is -1.72. The van der Waals surface area contributed by atoms with Gasteiger partial charge in [0.2, 0.25) is 10.0 Å². The molecule has 1 aromatic rings. The molecule has 1 unspecified atom stereocenters. The zero-order chi connectivity index (χ0) is 15.3. The Morgan fingerprint density at radius 3 is 2.20 bits per heavy atom. The van der Waals surface area contributed by atoms with Gasteiger partial charge in [0, 0.05) is 6.04 Å². The van der Waals surface area contributed by atoms with Crippen molar-refractivity contribution in [2.75, 3.05) is 5.75 Å². The lowest BCUT2D eigenvalue weighted by molar-refractivity contribution is -0.134. The molecule has 0 aliphatic carbocycles. The average molecular weight is 299 g/mol. The predicted octanol–water partition coefficient (Wildman–Crippen LogP) is 1.95. The van der Waals surface area contributed by atoms with Gasteiger partial charge in [0.15, 0.2) is 5.75 Å². The molecule has 5 nitrogen and oxygen atoms in total. The van der Waals surface area contributed by atoms with Gasteiger partial charge in [-0.1, -0.05) is 38.1 Å². The number of hydrogen-bond acceptors (Lipinski definition) is 3. The molecule has 0 aliphatic rings. The summed E-state index contributed by atoms with van der Waals surface area (Å²) in [6.45, 7) is 5.96. The van der Waals surface area contributed by atoms with Gasteiger partial charge in [-0.05, 0) is 30.4 Å². The molecule has 0 aromatic heterocycles. The van der Waals surface area contributed by atoms with Crippen LogP contribution in [0.2, 0.25) is 0 Å². The summed E-state index contributed by atoms with van der Waals surface area (Å²) in [5.41, 5.74) is 2.01. The zero-order valence-corrected chi connectivity index (χ0v) is 12.8. The number of carboxylic acids is 1. The van der Waals surface area contributed by atoms with Gasteiger partial charge >= 0.3 is 5.97 Å². The van der Waals surface area contributed by atoms with E-state index in [-0.39, 0.29) is 0 Å².